The molecule has 0 saturated carbocycles. The van der Waals surface area contributed by atoms with E-state index in [2.05, 4.69) is 55.2 Å². The van der Waals surface area contributed by atoms with Crippen molar-refractivity contribution >= 4 is 51.9 Å². The number of amides is 1. The predicted molar refractivity (Wildman–Crippen MR) is 136 cm³/mol. The Bertz CT molecular complexity index is 1160. The van der Waals surface area contributed by atoms with Crippen LogP contribution in [-0.2, 0) is 4.79 Å². The standard InChI is InChI=1S/C25H28ClN3O2S/c1-14-7-8-17(26)11-19(14)27-24-28-23(30)22(32-24)10-16-9-18-15(2)13-25(3,4)29(5)20(18)12-21(16)31-6/h7-12,15H,13H2,1-6H3,(H,27,28,30)/b22-10+. The summed E-state index contributed by atoms with van der Waals surface area (Å²) in [4.78, 5) is 20.2. The molecule has 0 radical (unpaired) electrons. The van der Waals surface area contributed by atoms with Crippen molar-refractivity contribution in [1.82, 2.24) is 5.32 Å². The van der Waals surface area contributed by atoms with Crippen molar-refractivity contribution < 1.29 is 9.53 Å². The number of nitrogens with zero attached hydrogens (tertiary/aromatic N) is 2. The zero-order chi connectivity index (χ0) is 23.2. The van der Waals surface area contributed by atoms with Crippen LogP contribution in [0.15, 0.2) is 40.2 Å². The van der Waals surface area contributed by atoms with Crippen molar-refractivity contribution in [3.63, 3.8) is 0 Å². The van der Waals surface area contributed by atoms with Crippen molar-refractivity contribution in [3.05, 3.63) is 56.9 Å². The molecule has 1 N–H and O–H groups in total. The second-order valence-corrected chi connectivity index (χ2v) is 10.5. The van der Waals surface area contributed by atoms with Gasteiger partial charge in [0.05, 0.1) is 17.7 Å². The summed E-state index contributed by atoms with van der Waals surface area (Å²) in [6.45, 7) is 8.74. The van der Waals surface area contributed by atoms with E-state index in [1.54, 1.807) is 13.2 Å². The van der Waals surface area contributed by atoms with Crippen LogP contribution in [0.25, 0.3) is 6.08 Å². The van der Waals surface area contributed by atoms with E-state index < -0.39 is 0 Å². The van der Waals surface area contributed by atoms with Crippen LogP contribution in [0.1, 0.15) is 49.8 Å². The molecule has 1 atom stereocenters. The molecule has 1 unspecified atom stereocenters. The maximum Gasteiger partial charge on any atom is 0.264 e. The Balaban J connectivity index is 1.70. The third-order valence-electron chi connectivity index (χ3n) is 6.32. The minimum atomic E-state index is -0.167. The molecular weight excluding hydrogens is 442 g/mol. The number of hydrogen-bond acceptors (Lipinski definition) is 5. The van der Waals surface area contributed by atoms with E-state index in [1.807, 2.05) is 25.1 Å². The van der Waals surface area contributed by atoms with Crippen molar-refractivity contribution in [3.8, 4) is 5.75 Å². The summed E-state index contributed by atoms with van der Waals surface area (Å²) < 4.78 is 5.70. The zero-order valence-corrected chi connectivity index (χ0v) is 20.8. The minimum absolute atomic E-state index is 0.0719. The van der Waals surface area contributed by atoms with Gasteiger partial charge in [0.15, 0.2) is 5.17 Å². The molecule has 0 aliphatic carbocycles. The average molecular weight is 470 g/mol. The van der Waals surface area contributed by atoms with E-state index in [0.717, 1.165) is 29.0 Å². The van der Waals surface area contributed by atoms with Crippen LogP contribution in [-0.4, -0.2) is 30.8 Å². The third kappa shape index (κ3) is 4.26. The number of aliphatic imine (C=N–C) groups is 1. The number of nitrogens with one attached hydrogen (secondary N) is 1. The maximum absolute atomic E-state index is 12.7. The van der Waals surface area contributed by atoms with Crippen LogP contribution >= 0.6 is 23.4 Å². The lowest BCUT2D eigenvalue weighted by atomic mass is 9.80. The maximum atomic E-state index is 12.7. The quantitative estimate of drug-likeness (QED) is 0.538. The highest BCUT2D eigenvalue weighted by molar-refractivity contribution is 8.18. The summed E-state index contributed by atoms with van der Waals surface area (Å²) in [6.07, 6.45) is 2.95. The van der Waals surface area contributed by atoms with E-state index in [9.17, 15) is 4.79 Å². The molecule has 1 amide bonds. The fourth-order valence-electron chi connectivity index (χ4n) is 4.33. The van der Waals surface area contributed by atoms with Gasteiger partial charge in [-0.2, -0.15) is 0 Å². The van der Waals surface area contributed by atoms with Crippen molar-refractivity contribution in [2.75, 3.05) is 19.1 Å². The number of halogens is 1. The summed E-state index contributed by atoms with van der Waals surface area (Å²) in [5, 5.41) is 4.01. The van der Waals surface area contributed by atoms with Gasteiger partial charge in [-0.25, -0.2) is 4.99 Å². The highest BCUT2D eigenvalue weighted by Gasteiger charge is 2.35. The number of carbonyl (C=O) groups is 1. The Morgan fingerprint density at radius 1 is 1.31 bits per heavy atom. The Hall–Kier alpha value is -2.44. The van der Waals surface area contributed by atoms with Crippen LogP contribution in [0.4, 0.5) is 11.4 Å². The number of anilines is 1. The Kier molecular flexibility index (Phi) is 6.03. The summed E-state index contributed by atoms with van der Waals surface area (Å²) in [5.74, 6) is 0.990. The molecule has 2 aromatic rings. The Labute approximate surface area is 198 Å². The molecule has 168 valence electrons. The first-order chi connectivity index (χ1) is 15.1. The van der Waals surface area contributed by atoms with Gasteiger partial charge in [0.1, 0.15) is 5.75 Å². The van der Waals surface area contributed by atoms with Gasteiger partial charge in [-0.05, 0) is 80.3 Å². The van der Waals surface area contributed by atoms with Gasteiger partial charge in [0, 0.05) is 34.9 Å². The molecule has 0 bridgehead atoms. The minimum Gasteiger partial charge on any atom is -0.496 e. The predicted octanol–water partition coefficient (Wildman–Crippen LogP) is 6.27. The lowest BCUT2D eigenvalue weighted by Crippen LogP contribution is -2.45. The van der Waals surface area contributed by atoms with E-state index in [1.165, 1.54) is 23.0 Å². The fourth-order valence-corrected chi connectivity index (χ4v) is 5.33. The van der Waals surface area contributed by atoms with E-state index in [-0.39, 0.29) is 11.4 Å². The molecule has 1 saturated heterocycles. The molecule has 0 aromatic heterocycles. The highest BCUT2D eigenvalue weighted by Crippen LogP contribution is 2.45. The van der Waals surface area contributed by atoms with Crippen LogP contribution in [0, 0.1) is 6.92 Å². The number of aryl methyl sites for hydroxylation is 1. The SMILES string of the molecule is COc1cc2c(cc1/C=C1/SC(=Nc3cc(Cl)ccc3C)NC1=O)C(C)CC(C)(C)N2C. The smallest absolute Gasteiger partial charge is 0.264 e. The molecule has 1 fully saturated rings. The summed E-state index contributed by atoms with van der Waals surface area (Å²) in [5.41, 5.74) is 5.15. The second-order valence-electron chi connectivity index (χ2n) is 9.04. The molecule has 2 aliphatic heterocycles. The number of fused-ring (bicyclic) bond motifs is 1. The summed E-state index contributed by atoms with van der Waals surface area (Å²) >= 11 is 7.43. The lowest BCUT2D eigenvalue weighted by Gasteiger charge is -2.45. The van der Waals surface area contributed by atoms with Gasteiger partial charge >= 0.3 is 0 Å². The fraction of sp³-hybridized carbons (Fsp3) is 0.360. The van der Waals surface area contributed by atoms with Gasteiger partial charge in [-0.1, -0.05) is 24.6 Å². The van der Waals surface area contributed by atoms with Crippen LogP contribution in [0.5, 0.6) is 5.75 Å². The highest BCUT2D eigenvalue weighted by atomic mass is 35.5. The Morgan fingerprint density at radius 3 is 2.78 bits per heavy atom. The Morgan fingerprint density at radius 2 is 2.06 bits per heavy atom. The molecule has 2 aliphatic rings. The number of rotatable bonds is 3. The number of ether oxygens (including phenoxy) is 1. The van der Waals surface area contributed by atoms with Crippen molar-refractivity contribution in [2.24, 2.45) is 4.99 Å². The number of methoxy groups -OCH3 is 1. The molecule has 5 nitrogen and oxygen atoms in total. The van der Waals surface area contributed by atoms with Crippen LogP contribution < -0.4 is 15.0 Å². The average Bonchev–Trinajstić information content (AvgIpc) is 3.07. The monoisotopic (exact) mass is 469 g/mol. The summed E-state index contributed by atoms with van der Waals surface area (Å²) in [6, 6.07) is 9.78. The molecule has 2 heterocycles. The van der Waals surface area contributed by atoms with Gasteiger partial charge in [-0.3, -0.25) is 4.79 Å². The lowest BCUT2D eigenvalue weighted by molar-refractivity contribution is -0.115. The van der Waals surface area contributed by atoms with Crippen LogP contribution in [0.3, 0.4) is 0 Å². The topological polar surface area (TPSA) is 53.9 Å². The van der Waals surface area contributed by atoms with E-state index >= 15 is 0 Å². The van der Waals surface area contributed by atoms with Gasteiger partial charge in [0.2, 0.25) is 0 Å². The first kappa shape index (κ1) is 22.7. The molecule has 0 spiro atoms. The van der Waals surface area contributed by atoms with E-state index in [0.29, 0.717) is 21.0 Å². The first-order valence-electron chi connectivity index (χ1n) is 10.6. The molecule has 2 aromatic carbocycles. The number of thioether (sulfide) groups is 1. The second kappa shape index (κ2) is 8.49. The molecule has 4 rings (SSSR count). The molecule has 7 heteroatoms. The summed E-state index contributed by atoms with van der Waals surface area (Å²) in [7, 11) is 3.79. The number of benzene rings is 2. The van der Waals surface area contributed by atoms with Gasteiger partial charge in [0.25, 0.3) is 5.91 Å². The normalized spacial score (nSPS) is 22.3. The van der Waals surface area contributed by atoms with Gasteiger partial charge < -0.3 is 15.0 Å². The molecular formula is C25H28ClN3O2S. The number of carbonyl (C=O) groups excluding carboxylic acids is 1. The van der Waals surface area contributed by atoms with E-state index in [4.69, 9.17) is 16.3 Å². The molecule has 32 heavy (non-hydrogen) atoms. The van der Waals surface area contributed by atoms with Crippen molar-refractivity contribution in [1.29, 1.82) is 0 Å². The van der Waals surface area contributed by atoms with Crippen molar-refractivity contribution in [2.45, 2.75) is 45.6 Å². The van der Waals surface area contributed by atoms with Gasteiger partial charge in [-0.15, -0.1) is 0 Å². The first-order valence-corrected chi connectivity index (χ1v) is 11.8. The third-order valence-corrected chi connectivity index (χ3v) is 7.46. The van der Waals surface area contributed by atoms with Crippen LogP contribution in [0.2, 0.25) is 5.02 Å². The number of hydrogen-bond donors (Lipinski definition) is 1. The number of amidine groups is 1. The zero-order valence-electron chi connectivity index (χ0n) is 19.2. The largest absolute Gasteiger partial charge is 0.496 e.